The first kappa shape index (κ1) is 15.8. The molecule has 8 heteroatoms. The number of rotatable bonds is 5. The van der Waals surface area contributed by atoms with Gasteiger partial charge in [-0.25, -0.2) is 0 Å². The normalized spacial score (nSPS) is 17.3. The van der Waals surface area contributed by atoms with Crippen molar-refractivity contribution in [2.24, 2.45) is 0 Å². The lowest BCUT2D eigenvalue weighted by Gasteiger charge is -2.43. The van der Waals surface area contributed by atoms with Crippen molar-refractivity contribution in [3.05, 3.63) is 5.28 Å². The largest absolute Gasteiger partial charge is 0.481 e. The van der Waals surface area contributed by atoms with Gasteiger partial charge in [-0.05, 0) is 24.4 Å². The molecule has 2 rings (SSSR count). The predicted octanol–water partition coefficient (Wildman–Crippen LogP) is 2.15. The summed E-state index contributed by atoms with van der Waals surface area (Å²) in [6.45, 7) is 0. The van der Waals surface area contributed by atoms with Gasteiger partial charge in [0.15, 0.2) is 0 Å². The number of carbonyl (C=O) groups is 1. The van der Waals surface area contributed by atoms with Crippen molar-refractivity contribution in [1.29, 1.82) is 0 Å². The number of methoxy groups -OCH3 is 1. The molecule has 1 heterocycles. The van der Waals surface area contributed by atoms with Crippen LogP contribution in [0.15, 0.2) is 0 Å². The molecular weight excluding hydrogens is 296 g/mol. The molecule has 1 fully saturated rings. The van der Waals surface area contributed by atoms with E-state index in [4.69, 9.17) is 16.3 Å². The van der Waals surface area contributed by atoms with Crippen molar-refractivity contribution in [3.8, 4) is 6.01 Å². The summed E-state index contributed by atoms with van der Waals surface area (Å²) in [5, 5.41) is 9.28. The van der Waals surface area contributed by atoms with Crippen LogP contribution in [0.3, 0.4) is 0 Å². The van der Waals surface area contributed by atoms with Crippen LogP contribution in [-0.4, -0.2) is 45.7 Å². The highest BCUT2D eigenvalue weighted by atomic mass is 35.5. The van der Waals surface area contributed by atoms with Crippen molar-refractivity contribution in [3.63, 3.8) is 0 Å². The minimum Gasteiger partial charge on any atom is -0.481 e. The van der Waals surface area contributed by atoms with Crippen molar-refractivity contribution in [2.75, 3.05) is 19.1 Å². The Hall–Kier alpha value is -1.63. The number of ether oxygens (including phenoxy) is 1. The van der Waals surface area contributed by atoms with Crippen LogP contribution in [0.25, 0.3) is 0 Å². The molecule has 0 amide bonds. The Labute approximate surface area is 128 Å². The van der Waals surface area contributed by atoms with Gasteiger partial charge in [0.1, 0.15) is 0 Å². The molecule has 7 nitrogen and oxygen atoms in total. The highest BCUT2D eigenvalue weighted by Gasteiger charge is 2.39. The summed E-state index contributed by atoms with van der Waals surface area (Å²) in [5.41, 5.74) is -0.486. The maximum atomic E-state index is 11.3. The van der Waals surface area contributed by atoms with Crippen molar-refractivity contribution >= 4 is 23.5 Å². The van der Waals surface area contributed by atoms with Gasteiger partial charge >= 0.3 is 12.0 Å². The molecule has 0 aromatic carbocycles. The number of hydrogen-bond donors (Lipinski definition) is 1. The van der Waals surface area contributed by atoms with Gasteiger partial charge < -0.3 is 14.7 Å². The molecule has 1 saturated carbocycles. The van der Waals surface area contributed by atoms with Gasteiger partial charge in [-0.2, -0.15) is 15.0 Å². The van der Waals surface area contributed by atoms with Crippen LogP contribution in [0.2, 0.25) is 5.28 Å². The van der Waals surface area contributed by atoms with E-state index in [0.29, 0.717) is 5.95 Å². The number of aliphatic carboxylic acids is 1. The zero-order valence-electron chi connectivity index (χ0n) is 12.2. The van der Waals surface area contributed by atoms with Gasteiger partial charge in [0.05, 0.1) is 19.1 Å². The van der Waals surface area contributed by atoms with Gasteiger partial charge in [-0.15, -0.1) is 0 Å². The molecule has 0 atom stereocenters. The molecule has 0 unspecified atom stereocenters. The lowest BCUT2D eigenvalue weighted by molar-refractivity contribution is -0.138. The highest BCUT2D eigenvalue weighted by molar-refractivity contribution is 6.28. The summed E-state index contributed by atoms with van der Waals surface area (Å²) >= 11 is 5.88. The zero-order chi connectivity index (χ0) is 15.5. The van der Waals surface area contributed by atoms with Crippen LogP contribution < -0.4 is 9.64 Å². The van der Waals surface area contributed by atoms with E-state index in [0.717, 1.165) is 32.1 Å². The first-order valence-corrected chi connectivity index (χ1v) is 7.26. The van der Waals surface area contributed by atoms with Gasteiger partial charge in [0.2, 0.25) is 11.2 Å². The van der Waals surface area contributed by atoms with E-state index in [1.165, 1.54) is 7.11 Å². The van der Waals surface area contributed by atoms with Crippen molar-refractivity contribution in [1.82, 2.24) is 15.0 Å². The predicted molar refractivity (Wildman–Crippen MR) is 77.9 cm³/mol. The molecule has 0 spiro atoms. The Bertz CT molecular complexity index is 520. The second-order valence-corrected chi connectivity index (χ2v) is 5.64. The first-order valence-electron chi connectivity index (χ1n) is 6.88. The van der Waals surface area contributed by atoms with Gasteiger partial charge in [0, 0.05) is 7.05 Å². The maximum Gasteiger partial charge on any atom is 0.322 e. The van der Waals surface area contributed by atoms with E-state index >= 15 is 0 Å². The number of aromatic nitrogens is 3. The SMILES string of the molecule is COc1nc(Cl)nc(N(C)C2(CC(=O)O)CCCCC2)n1. The monoisotopic (exact) mass is 314 g/mol. The molecule has 1 aromatic heterocycles. The summed E-state index contributed by atoms with van der Waals surface area (Å²) in [6, 6.07) is 0.123. The summed E-state index contributed by atoms with van der Waals surface area (Å²) in [4.78, 5) is 25.2. The molecule has 0 bridgehead atoms. The van der Waals surface area contributed by atoms with Crippen molar-refractivity contribution < 1.29 is 14.6 Å². The number of carboxylic acid groups (broad SMARTS) is 1. The fourth-order valence-electron chi connectivity index (χ4n) is 2.90. The minimum absolute atomic E-state index is 0.0324. The van der Waals surface area contributed by atoms with E-state index < -0.39 is 11.5 Å². The molecular formula is C13H19ClN4O3. The summed E-state index contributed by atoms with van der Waals surface area (Å²) in [5.74, 6) is -0.481. The fraction of sp³-hybridized carbons (Fsp3) is 0.692. The van der Waals surface area contributed by atoms with E-state index in [1.54, 1.807) is 7.05 Å². The third-order valence-electron chi connectivity index (χ3n) is 4.03. The minimum atomic E-state index is -0.823. The Balaban J connectivity index is 2.35. The molecule has 1 aromatic rings. The number of anilines is 1. The van der Waals surface area contributed by atoms with E-state index in [-0.39, 0.29) is 17.7 Å². The topological polar surface area (TPSA) is 88.4 Å². The summed E-state index contributed by atoms with van der Waals surface area (Å²) < 4.78 is 5.00. The second kappa shape index (κ2) is 6.43. The van der Waals surface area contributed by atoms with Crippen LogP contribution in [0.4, 0.5) is 5.95 Å². The van der Waals surface area contributed by atoms with Crippen LogP contribution in [0.5, 0.6) is 6.01 Å². The lowest BCUT2D eigenvalue weighted by atomic mass is 9.78. The number of carboxylic acids is 1. The van der Waals surface area contributed by atoms with Crippen LogP contribution in [-0.2, 0) is 4.79 Å². The molecule has 0 radical (unpaired) electrons. The maximum absolute atomic E-state index is 11.3. The van der Waals surface area contributed by atoms with Crippen LogP contribution in [0, 0.1) is 0 Å². The molecule has 116 valence electrons. The Morgan fingerprint density at radius 1 is 1.33 bits per heavy atom. The summed E-state index contributed by atoms with van der Waals surface area (Å²) in [6.07, 6.45) is 4.75. The lowest BCUT2D eigenvalue weighted by Crippen LogP contribution is -2.50. The number of nitrogens with zero attached hydrogens (tertiary/aromatic N) is 4. The average Bonchev–Trinajstić information content (AvgIpc) is 2.46. The molecule has 1 aliphatic carbocycles. The smallest absolute Gasteiger partial charge is 0.322 e. The third kappa shape index (κ3) is 3.53. The molecule has 0 saturated heterocycles. The Morgan fingerprint density at radius 3 is 2.57 bits per heavy atom. The molecule has 1 N–H and O–H groups in total. The Morgan fingerprint density at radius 2 is 2.00 bits per heavy atom. The number of halogens is 1. The standard InChI is InChI=1S/C13H19ClN4O3/c1-18(11-15-10(14)16-12(17-11)21-2)13(8-9(19)20)6-4-3-5-7-13/h3-8H2,1-2H3,(H,19,20). The second-order valence-electron chi connectivity index (χ2n) is 5.31. The molecule has 0 aliphatic heterocycles. The average molecular weight is 315 g/mol. The third-order valence-corrected chi connectivity index (χ3v) is 4.20. The zero-order valence-corrected chi connectivity index (χ0v) is 12.9. The van der Waals surface area contributed by atoms with Crippen molar-refractivity contribution in [2.45, 2.75) is 44.1 Å². The fourth-order valence-corrected chi connectivity index (χ4v) is 3.05. The van der Waals surface area contributed by atoms with Gasteiger partial charge in [-0.1, -0.05) is 19.3 Å². The van der Waals surface area contributed by atoms with Gasteiger partial charge in [-0.3, -0.25) is 4.79 Å². The van der Waals surface area contributed by atoms with Gasteiger partial charge in [0.25, 0.3) is 0 Å². The quantitative estimate of drug-likeness (QED) is 0.890. The van der Waals surface area contributed by atoms with E-state index in [9.17, 15) is 9.90 Å². The number of hydrogen-bond acceptors (Lipinski definition) is 6. The van der Waals surface area contributed by atoms with Crippen LogP contribution >= 0.6 is 11.6 Å². The van der Waals surface area contributed by atoms with E-state index in [2.05, 4.69) is 15.0 Å². The summed E-state index contributed by atoms with van der Waals surface area (Å²) in [7, 11) is 3.25. The van der Waals surface area contributed by atoms with Crippen LogP contribution in [0.1, 0.15) is 38.5 Å². The Kier molecular flexibility index (Phi) is 4.82. The molecule has 21 heavy (non-hydrogen) atoms. The first-order chi connectivity index (χ1) is 9.97. The molecule has 1 aliphatic rings. The van der Waals surface area contributed by atoms with E-state index in [1.807, 2.05) is 4.90 Å². The highest BCUT2D eigenvalue weighted by Crippen LogP contribution is 2.37.